The summed E-state index contributed by atoms with van der Waals surface area (Å²) in [5.74, 6) is 0.992. The van der Waals surface area contributed by atoms with E-state index in [0.29, 0.717) is 49.5 Å². The number of terminal acetylenes is 1. The predicted octanol–water partition coefficient (Wildman–Crippen LogP) is 3.00. The van der Waals surface area contributed by atoms with Gasteiger partial charge in [0.2, 0.25) is 11.8 Å². The van der Waals surface area contributed by atoms with E-state index >= 15 is 0 Å². The number of aromatic hydroxyl groups is 1. The van der Waals surface area contributed by atoms with E-state index in [0.717, 1.165) is 32.2 Å². The normalized spacial score (nSPS) is 26.8. The number of phenolic OH excluding ortho intramolecular Hbond substituents is 1. The quantitative estimate of drug-likeness (QED) is 0.382. The maximum absolute atomic E-state index is 14.6. The zero-order valence-corrected chi connectivity index (χ0v) is 22.9. The third-order valence-electron chi connectivity index (χ3n) is 8.98. The Kier molecular flexibility index (Phi) is 6.59. The topological polar surface area (TPSA) is 116 Å². The molecule has 218 valence electrons. The van der Waals surface area contributed by atoms with Crippen LogP contribution in [0.1, 0.15) is 48.3 Å². The lowest BCUT2D eigenvalue weighted by atomic mass is 9.95. The Morgan fingerprint density at radius 2 is 2.02 bits per heavy atom. The van der Waals surface area contributed by atoms with Gasteiger partial charge < -0.3 is 25.4 Å². The number of aromatic nitrogens is 3. The van der Waals surface area contributed by atoms with Gasteiger partial charge in [0, 0.05) is 49.6 Å². The Bertz CT molecular complexity index is 1600. The molecule has 1 aromatic heterocycles. The molecule has 0 unspecified atom stereocenters. The number of rotatable bonds is 6. The first-order chi connectivity index (χ1) is 20.3. The van der Waals surface area contributed by atoms with Gasteiger partial charge in [-0.2, -0.15) is 15.0 Å². The summed E-state index contributed by atoms with van der Waals surface area (Å²) in [7, 11) is 0. The third kappa shape index (κ3) is 4.76. The second kappa shape index (κ2) is 10.3. The molecule has 4 aliphatic rings. The number of nitrogens with zero attached hydrogens (tertiary/aromatic N) is 5. The highest BCUT2D eigenvalue weighted by atomic mass is 19.1. The first kappa shape index (κ1) is 26.8. The molecule has 3 aromatic rings. The van der Waals surface area contributed by atoms with Crippen molar-refractivity contribution >= 4 is 28.3 Å². The molecule has 4 fully saturated rings. The van der Waals surface area contributed by atoms with Crippen LogP contribution < -0.4 is 20.3 Å². The summed E-state index contributed by atoms with van der Waals surface area (Å²) in [4.78, 5) is 31.2. The second-order valence-corrected chi connectivity index (χ2v) is 11.8. The van der Waals surface area contributed by atoms with Crippen molar-refractivity contribution in [3.63, 3.8) is 0 Å². The van der Waals surface area contributed by atoms with Gasteiger partial charge in [-0.3, -0.25) is 9.69 Å². The maximum Gasteiger partial charge on any atom is 0.322 e. The standard InChI is InChI=1S/C30H31F2N7O3/c1-2-22-23(32)7-4-17-10-21(40)11-24(25(17)22)34-27(41)26-35-28(38-14-19-5-6-20(15-38)33-19)37-29(36-26)42-16-30-8-3-9-39(30)13-18(31)12-30/h1,4,7,10-11,18-20,33,40H,3,5-6,8-9,12-16H2,(H,34,41)/t18-,19-,20+,30+/m1/s1. The van der Waals surface area contributed by atoms with E-state index in [1.165, 1.54) is 24.3 Å². The molecule has 0 spiro atoms. The lowest BCUT2D eigenvalue weighted by Gasteiger charge is -2.33. The monoisotopic (exact) mass is 575 g/mol. The molecule has 3 N–H and O–H groups in total. The summed E-state index contributed by atoms with van der Waals surface area (Å²) < 4.78 is 35.0. The van der Waals surface area contributed by atoms with Crippen LogP contribution in [0.2, 0.25) is 0 Å². The first-order valence-electron chi connectivity index (χ1n) is 14.3. The van der Waals surface area contributed by atoms with Crippen LogP contribution in [-0.2, 0) is 0 Å². The van der Waals surface area contributed by atoms with Gasteiger partial charge in [0.25, 0.3) is 5.91 Å². The van der Waals surface area contributed by atoms with Crippen LogP contribution in [0.5, 0.6) is 11.8 Å². The minimum absolute atomic E-state index is 0.0179. The molecule has 4 saturated heterocycles. The number of amides is 1. The van der Waals surface area contributed by atoms with Gasteiger partial charge >= 0.3 is 6.01 Å². The number of benzene rings is 2. The number of phenols is 1. The summed E-state index contributed by atoms with van der Waals surface area (Å²) in [5.41, 5.74) is -0.339. The SMILES string of the molecule is C#Cc1c(F)ccc2cc(O)cc(NC(=O)c3nc(OC[C@@]45CCCN4C[C@H](F)C5)nc(N4C[C@H]5CC[C@@H](C4)N5)n3)c12. The van der Waals surface area contributed by atoms with Crippen molar-refractivity contribution in [2.75, 3.05) is 43.0 Å². The highest BCUT2D eigenvalue weighted by Crippen LogP contribution is 2.40. The van der Waals surface area contributed by atoms with Crippen LogP contribution in [-0.4, -0.2) is 87.4 Å². The van der Waals surface area contributed by atoms with E-state index in [1.807, 2.05) is 4.90 Å². The molecule has 1 amide bonds. The third-order valence-corrected chi connectivity index (χ3v) is 8.98. The highest BCUT2D eigenvalue weighted by molar-refractivity contribution is 6.09. The zero-order chi connectivity index (χ0) is 29.0. The van der Waals surface area contributed by atoms with Crippen molar-refractivity contribution in [2.45, 2.75) is 55.9 Å². The number of anilines is 2. The fourth-order valence-corrected chi connectivity index (χ4v) is 7.10. The Morgan fingerprint density at radius 1 is 1.21 bits per heavy atom. The Labute approximate surface area is 241 Å². The van der Waals surface area contributed by atoms with Crippen molar-refractivity contribution in [3.8, 4) is 24.1 Å². The number of ether oxygens (including phenoxy) is 1. The number of hydrogen-bond donors (Lipinski definition) is 3. The first-order valence-corrected chi connectivity index (χ1v) is 14.3. The van der Waals surface area contributed by atoms with E-state index < -0.39 is 23.4 Å². The lowest BCUT2D eigenvalue weighted by Crippen LogP contribution is -2.51. The van der Waals surface area contributed by atoms with Gasteiger partial charge in [-0.15, -0.1) is 6.42 Å². The molecule has 0 aliphatic carbocycles. The highest BCUT2D eigenvalue weighted by Gasteiger charge is 2.49. The number of fused-ring (bicyclic) bond motifs is 4. The fraction of sp³-hybridized carbons (Fsp3) is 0.467. The summed E-state index contributed by atoms with van der Waals surface area (Å²) in [6.45, 7) is 2.75. The molecule has 12 heteroatoms. The van der Waals surface area contributed by atoms with Gasteiger partial charge in [-0.25, -0.2) is 8.78 Å². The van der Waals surface area contributed by atoms with E-state index in [4.69, 9.17) is 11.2 Å². The number of carbonyl (C=O) groups is 1. The molecule has 0 saturated carbocycles. The number of nitrogens with one attached hydrogen (secondary N) is 2. The molecule has 2 bridgehead atoms. The molecule has 42 heavy (non-hydrogen) atoms. The molecule has 10 nitrogen and oxygen atoms in total. The molecule has 7 rings (SSSR count). The van der Waals surface area contributed by atoms with Crippen LogP contribution in [0.25, 0.3) is 10.8 Å². The smallest absolute Gasteiger partial charge is 0.322 e. The number of halogens is 2. The molecular weight excluding hydrogens is 544 g/mol. The maximum atomic E-state index is 14.6. The van der Waals surface area contributed by atoms with Gasteiger partial charge in [0.15, 0.2) is 0 Å². The number of piperazine rings is 1. The second-order valence-electron chi connectivity index (χ2n) is 11.8. The number of alkyl halides is 1. The average Bonchev–Trinajstić information content (AvgIpc) is 3.62. The number of hydrogen-bond acceptors (Lipinski definition) is 9. The van der Waals surface area contributed by atoms with E-state index in [9.17, 15) is 18.7 Å². The van der Waals surface area contributed by atoms with Gasteiger partial charge in [0.1, 0.15) is 24.3 Å². The van der Waals surface area contributed by atoms with Crippen LogP contribution in [0.4, 0.5) is 20.4 Å². The molecule has 4 atom stereocenters. The molecular formula is C30H31F2N7O3. The van der Waals surface area contributed by atoms with Crippen molar-refractivity contribution in [3.05, 3.63) is 41.5 Å². The van der Waals surface area contributed by atoms with Crippen molar-refractivity contribution < 1.29 is 23.4 Å². The van der Waals surface area contributed by atoms with E-state index in [-0.39, 0.29) is 40.8 Å². The molecule has 4 aliphatic heterocycles. The van der Waals surface area contributed by atoms with Gasteiger partial charge in [-0.05, 0) is 49.7 Å². The summed E-state index contributed by atoms with van der Waals surface area (Å²) in [6.07, 6.45) is 8.95. The Morgan fingerprint density at radius 3 is 2.81 bits per heavy atom. The fourth-order valence-electron chi connectivity index (χ4n) is 7.10. The molecule has 0 radical (unpaired) electrons. The van der Waals surface area contributed by atoms with Gasteiger partial charge in [-0.1, -0.05) is 12.0 Å². The molecule has 5 heterocycles. The van der Waals surface area contributed by atoms with Gasteiger partial charge in [0.05, 0.1) is 16.8 Å². The van der Waals surface area contributed by atoms with Crippen LogP contribution in [0.3, 0.4) is 0 Å². The van der Waals surface area contributed by atoms with Crippen LogP contribution in [0, 0.1) is 18.2 Å². The Balaban J connectivity index is 1.22. The molecule has 2 aromatic carbocycles. The van der Waals surface area contributed by atoms with Crippen molar-refractivity contribution in [1.29, 1.82) is 0 Å². The van der Waals surface area contributed by atoms with Crippen molar-refractivity contribution in [1.82, 2.24) is 25.2 Å². The predicted molar refractivity (Wildman–Crippen MR) is 152 cm³/mol. The minimum Gasteiger partial charge on any atom is -0.508 e. The van der Waals surface area contributed by atoms with E-state index in [2.05, 4.69) is 36.4 Å². The average molecular weight is 576 g/mol. The number of carbonyl (C=O) groups excluding carboxylic acids is 1. The van der Waals surface area contributed by atoms with Crippen molar-refractivity contribution in [2.24, 2.45) is 0 Å². The lowest BCUT2D eigenvalue weighted by molar-refractivity contribution is 0.0995. The summed E-state index contributed by atoms with van der Waals surface area (Å²) in [5, 5.41) is 17.3. The van der Waals surface area contributed by atoms with Crippen LogP contribution in [0.15, 0.2) is 24.3 Å². The zero-order valence-electron chi connectivity index (χ0n) is 22.9. The summed E-state index contributed by atoms with van der Waals surface area (Å²) >= 11 is 0. The summed E-state index contributed by atoms with van der Waals surface area (Å²) in [6, 6.07) is 6.00. The Hall–Kier alpha value is -4.08. The minimum atomic E-state index is -0.907. The van der Waals surface area contributed by atoms with E-state index in [1.54, 1.807) is 0 Å². The van der Waals surface area contributed by atoms with Crippen LogP contribution >= 0.6 is 0 Å². The largest absolute Gasteiger partial charge is 0.508 e.